The molecule has 0 bridgehead atoms. The van der Waals surface area contributed by atoms with E-state index in [4.69, 9.17) is 9.47 Å². The quantitative estimate of drug-likeness (QED) is 0.0301. The van der Waals surface area contributed by atoms with Gasteiger partial charge in [0, 0.05) is 0 Å². The zero-order valence-corrected chi connectivity index (χ0v) is 32.4. The van der Waals surface area contributed by atoms with E-state index < -0.39 is 61.5 Å². The maximum Gasteiger partial charge on any atom is 0.249 e. The molecule has 0 aromatic carbocycles. The van der Waals surface area contributed by atoms with Crippen LogP contribution in [-0.4, -0.2) is 98.7 Å². The van der Waals surface area contributed by atoms with Crippen LogP contribution in [0.2, 0.25) is 0 Å². The average molecular weight is 728 g/mol. The maximum absolute atomic E-state index is 13.0. The van der Waals surface area contributed by atoms with Gasteiger partial charge in [0.15, 0.2) is 6.29 Å². The Morgan fingerprint density at radius 1 is 0.745 bits per heavy atom. The van der Waals surface area contributed by atoms with Gasteiger partial charge >= 0.3 is 0 Å². The van der Waals surface area contributed by atoms with Crippen LogP contribution in [0.25, 0.3) is 0 Å². The second kappa shape index (κ2) is 31.0. The molecular weight excluding hydrogens is 650 g/mol. The Morgan fingerprint density at radius 3 is 1.82 bits per heavy atom. The van der Waals surface area contributed by atoms with Crippen molar-refractivity contribution < 1.29 is 44.9 Å². The van der Waals surface area contributed by atoms with E-state index in [1.807, 2.05) is 6.08 Å². The number of aliphatic hydroxyl groups is 6. The summed E-state index contributed by atoms with van der Waals surface area (Å²) >= 11 is 0. The average Bonchev–Trinajstić information content (AvgIpc) is 3.12. The molecule has 8 atom stereocenters. The first kappa shape index (κ1) is 47.7. The Labute approximate surface area is 310 Å². The fraction of sp³-hybridized carbons (Fsp3) is 0.878. The summed E-state index contributed by atoms with van der Waals surface area (Å²) in [5, 5.41) is 64.5. The number of nitrogens with one attached hydrogen (secondary N) is 1. The third kappa shape index (κ3) is 22.4. The maximum atomic E-state index is 13.0. The van der Waals surface area contributed by atoms with Gasteiger partial charge in [0.2, 0.25) is 5.91 Å². The molecule has 1 heterocycles. The van der Waals surface area contributed by atoms with Gasteiger partial charge in [-0.3, -0.25) is 4.79 Å². The molecule has 300 valence electrons. The van der Waals surface area contributed by atoms with Gasteiger partial charge in [0.1, 0.15) is 30.5 Å². The molecule has 0 saturated carbocycles. The smallest absolute Gasteiger partial charge is 0.249 e. The molecule has 0 aliphatic carbocycles. The van der Waals surface area contributed by atoms with E-state index in [1.165, 1.54) is 102 Å². The highest BCUT2D eigenvalue weighted by Crippen LogP contribution is 2.22. The van der Waals surface area contributed by atoms with Crippen molar-refractivity contribution in [2.45, 2.75) is 217 Å². The SMILES string of the molecule is CCCCCCCCCCCCCC[C@@H](O)C(=O)N[C@@H](CO[C@@H]1O[C@H](CO)[C@@H](O)[C@H](O)[C@H]1O)[C@H](O)/C=C/CC/C=C(\C)CCCCCCCCC. The molecule has 1 rings (SSSR count). The molecule has 10 heteroatoms. The first-order valence-electron chi connectivity index (χ1n) is 20.6. The monoisotopic (exact) mass is 728 g/mol. The fourth-order valence-electron chi connectivity index (χ4n) is 6.48. The molecule has 1 aliphatic heterocycles. The molecule has 10 nitrogen and oxygen atoms in total. The number of amides is 1. The molecule has 0 aromatic heterocycles. The third-order valence-electron chi connectivity index (χ3n) is 10.00. The number of hydrogen-bond acceptors (Lipinski definition) is 9. The van der Waals surface area contributed by atoms with E-state index in [-0.39, 0.29) is 6.61 Å². The standard InChI is InChI=1S/C41H77NO9/c1-4-6-8-10-12-13-14-15-16-18-20-24-29-35(45)40(49)42-33(31-50-41-39(48)38(47)37(46)36(30-43)51-41)34(44)28-25-21-23-27-32(3)26-22-19-17-11-9-7-5-2/h25,27-28,33-39,41,43-48H,4-24,26,29-31H2,1-3H3,(H,42,49)/b28-25+,32-27+/t33-,34+,35+,36+,37+,38-,39+,41+/m0/s1. The third-order valence-corrected chi connectivity index (χ3v) is 10.00. The summed E-state index contributed by atoms with van der Waals surface area (Å²) in [6.07, 6.45) is 22.0. The number of carbonyl (C=O) groups excluding carboxylic acids is 1. The lowest BCUT2D eigenvalue weighted by molar-refractivity contribution is -0.302. The van der Waals surface area contributed by atoms with Crippen molar-refractivity contribution in [3.63, 3.8) is 0 Å². The Kier molecular flexibility index (Phi) is 29.0. The zero-order valence-electron chi connectivity index (χ0n) is 32.4. The predicted molar refractivity (Wildman–Crippen MR) is 204 cm³/mol. The van der Waals surface area contributed by atoms with Crippen molar-refractivity contribution >= 4 is 5.91 Å². The van der Waals surface area contributed by atoms with Crippen molar-refractivity contribution in [1.29, 1.82) is 0 Å². The lowest BCUT2D eigenvalue weighted by Crippen LogP contribution is -2.60. The Morgan fingerprint density at radius 2 is 1.27 bits per heavy atom. The Hall–Kier alpha value is -1.37. The van der Waals surface area contributed by atoms with E-state index in [9.17, 15) is 35.4 Å². The molecule has 0 spiro atoms. The lowest BCUT2D eigenvalue weighted by atomic mass is 9.99. The highest BCUT2D eigenvalue weighted by Gasteiger charge is 2.44. The van der Waals surface area contributed by atoms with E-state index in [0.29, 0.717) is 19.3 Å². The summed E-state index contributed by atoms with van der Waals surface area (Å²) in [7, 11) is 0. The highest BCUT2D eigenvalue weighted by atomic mass is 16.7. The van der Waals surface area contributed by atoms with E-state index in [1.54, 1.807) is 6.08 Å². The largest absolute Gasteiger partial charge is 0.394 e. The van der Waals surface area contributed by atoms with Crippen LogP contribution in [0, 0.1) is 0 Å². The van der Waals surface area contributed by atoms with Gasteiger partial charge < -0.3 is 45.4 Å². The summed E-state index contributed by atoms with van der Waals surface area (Å²) in [6, 6.07) is -0.993. The van der Waals surface area contributed by atoms with Crippen molar-refractivity contribution in [2.75, 3.05) is 13.2 Å². The molecule has 7 N–H and O–H groups in total. The van der Waals surface area contributed by atoms with Crippen molar-refractivity contribution in [3.05, 3.63) is 23.8 Å². The highest BCUT2D eigenvalue weighted by molar-refractivity contribution is 5.80. The van der Waals surface area contributed by atoms with E-state index in [2.05, 4.69) is 32.2 Å². The van der Waals surface area contributed by atoms with Crippen LogP contribution in [0.15, 0.2) is 23.8 Å². The number of carbonyl (C=O) groups is 1. The lowest BCUT2D eigenvalue weighted by Gasteiger charge is -2.40. The molecule has 0 aromatic rings. The van der Waals surface area contributed by atoms with Crippen LogP contribution in [0.4, 0.5) is 0 Å². The minimum atomic E-state index is -1.61. The van der Waals surface area contributed by atoms with E-state index >= 15 is 0 Å². The second-order valence-corrected chi connectivity index (χ2v) is 14.8. The van der Waals surface area contributed by atoms with Gasteiger partial charge in [-0.05, 0) is 39.0 Å². The van der Waals surface area contributed by atoms with Gasteiger partial charge in [0.05, 0.1) is 25.4 Å². The normalized spacial score (nSPS) is 23.1. The number of aliphatic hydroxyl groups excluding tert-OH is 6. The molecule has 0 unspecified atom stereocenters. The molecule has 0 radical (unpaired) electrons. The predicted octanol–water partition coefficient (Wildman–Crippen LogP) is 6.52. The Balaban J connectivity index is 2.59. The minimum Gasteiger partial charge on any atom is -0.394 e. The summed E-state index contributed by atoms with van der Waals surface area (Å²) in [5.74, 6) is -0.628. The summed E-state index contributed by atoms with van der Waals surface area (Å²) in [6.45, 7) is 5.70. The van der Waals surface area contributed by atoms with Crippen LogP contribution >= 0.6 is 0 Å². The molecule has 1 fully saturated rings. The Bertz CT molecular complexity index is 898. The topological polar surface area (TPSA) is 169 Å². The number of rotatable bonds is 32. The minimum absolute atomic E-state index is 0.306. The number of hydrogen-bond donors (Lipinski definition) is 7. The van der Waals surface area contributed by atoms with Gasteiger partial charge in [-0.1, -0.05) is 153 Å². The van der Waals surface area contributed by atoms with Crippen LogP contribution < -0.4 is 5.32 Å². The zero-order chi connectivity index (χ0) is 37.7. The van der Waals surface area contributed by atoms with Crippen molar-refractivity contribution in [3.8, 4) is 0 Å². The molecular formula is C41H77NO9. The summed E-state index contributed by atoms with van der Waals surface area (Å²) in [5.41, 5.74) is 1.36. The number of unbranched alkanes of at least 4 members (excludes halogenated alkanes) is 18. The summed E-state index contributed by atoms with van der Waals surface area (Å²) in [4.78, 5) is 13.0. The molecule has 1 aliphatic rings. The van der Waals surface area contributed by atoms with Gasteiger partial charge in [0.25, 0.3) is 0 Å². The molecule has 1 saturated heterocycles. The van der Waals surface area contributed by atoms with E-state index in [0.717, 1.165) is 32.1 Å². The van der Waals surface area contributed by atoms with Gasteiger partial charge in [-0.2, -0.15) is 0 Å². The van der Waals surface area contributed by atoms with Gasteiger partial charge in [-0.25, -0.2) is 0 Å². The first-order chi connectivity index (χ1) is 24.7. The first-order valence-corrected chi connectivity index (χ1v) is 20.6. The second-order valence-electron chi connectivity index (χ2n) is 14.8. The van der Waals surface area contributed by atoms with Crippen LogP contribution in [-0.2, 0) is 14.3 Å². The summed E-state index contributed by atoms with van der Waals surface area (Å²) < 4.78 is 11.1. The fourth-order valence-corrected chi connectivity index (χ4v) is 6.48. The van der Waals surface area contributed by atoms with Crippen molar-refractivity contribution in [1.82, 2.24) is 5.32 Å². The van der Waals surface area contributed by atoms with Gasteiger partial charge in [-0.15, -0.1) is 0 Å². The molecule has 51 heavy (non-hydrogen) atoms. The van der Waals surface area contributed by atoms with Crippen LogP contribution in [0.5, 0.6) is 0 Å². The molecule has 1 amide bonds. The van der Waals surface area contributed by atoms with Crippen molar-refractivity contribution in [2.24, 2.45) is 0 Å². The van der Waals surface area contributed by atoms with Crippen LogP contribution in [0.3, 0.4) is 0 Å². The number of allylic oxidation sites excluding steroid dienone is 3. The van der Waals surface area contributed by atoms with Crippen LogP contribution in [0.1, 0.15) is 168 Å². The number of ether oxygens (including phenoxy) is 2.